The SMILES string of the molecule is COc1cc(Br)ccc1C1CC(O)C1. The fraction of sp³-hybridized carbons (Fsp3) is 0.455. The lowest BCUT2D eigenvalue weighted by Gasteiger charge is -2.32. The lowest BCUT2D eigenvalue weighted by molar-refractivity contribution is 0.0738. The quantitative estimate of drug-likeness (QED) is 0.882. The van der Waals surface area contributed by atoms with E-state index < -0.39 is 0 Å². The molecule has 3 heteroatoms. The van der Waals surface area contributed by atoms with E-state index in [0.29, 0.717) is 5.92 Å². The molecule has 0 unspecified atom stereocenters. The molecule has 1 aromatic carbocycles. The summed E-state index contributed by atoms with van der Waals surface area (Å²) in [6, 6.07) is 6.06. The maximum absolute atomic E-state index is 9.25. The fourth-order valence-electron chi connectivity index (χ4n) is 1.86. The summed E-state index contributed by atoms with van der Waals surface area (Å²) in [7, 11) is 1.68. The van der Waals surface area contributed by atoms with Crippen LogP contribution in [0, 0.1) is 0 Å². The Morgan fingerprint density at radius 2 is 2.14 bits per heavy atom. The predicted molar refractivity (Wildman–Crippen MR) is 58.7 cm³/mol. The Labute approximate surface area is 92.0 Å². The number of rotatable bonds is 2. The summed E-state index contributed by atoms with van der Waals surface area (Å²) in [5.74, 6) is 1.38. The van der Waals surface area contributed by atoms with Crippen molar-refractivity contribution in [3.63, 3.8) is 0 Å². The van der Waals surface area contributed by atoms with Crippen LogP contribution < -0.4 is 4.74 Å². The topological polar surface area (TPSA) is 29.5 Å². The molecule has 0 spiro atoms. The van der Waals surface area contributed by atoms with Gasteiger partial charge in [0.15, 0.2) is 0 Å². The number of halogens is 1. The maximum atomic E-state index is 9.25. The predicted octanol–water partition coefficient (Wildman–Crippen LogP) is 2.70. The van der Waals surface area contributed by atoms with Crippen LogP contribution in [0.25, 0.3) is 0 Å². The van der Waals surface area contributed by atoms with E-state index in [9.17, 15) is 5.11 Å². The Balaban J connectivity index is 2.24. The molecule has 0 heterocycles. The summed E-state index contributed by atoms with van der Waals surface area (Å²) in [5.41, 5.74) is 1.21. The number of aliphatic hydroxyl groups is 1. The molecule has 1 aliphatic rings. The summed E-state index contributed by atoms with van der Waals surface area (Å²) >= 11 is 3.41. The van der Waals surface area contributed by atoms with E-state index in [1.165, 1.54) is 5.56 Å². The zero-order chi connectivity index (χ0) is 10.1. The van der Waals surface area contributed by atoms with Gasteiger partial charge >= 0.3 is 0 Å². The van der Waals surface area contributed by atoms with Crippen molar-refractivity contribution in [3.05, 3.63) is 28.2 Å². The lowest BCUT2D eigenvalue weighted by atomic mass is 9.77. The monoisotopic (exact) mass is 256 g/mol. The molecule has 0 atom stereocenters. The van der Waals surface area contributed by atoms with E-state index >= 15 is 0 Å². The van der Waals surface area contributed by atoms with Crippen molar-refractivity contribution in [3.8, 4) is 5.75 Å². The van der Waals surface area contributed by atoms with Gasteiger partial charge in [0.2, 0.25) is 0 Å². The van der Waals surface area contributed by atoms with Crippen LogP contribution in [0.1, 0.15) is 24.3 Å². The number of benzene rings is 1. The van der Waals surface area contributed by atoms with Crippen molar-refractivity contribution < 1.29 is 9.84 Å². The third-order valence-corrected chi connectivity index (χ3v) is 3.24. The summed E-state index contributed by atoms with van der Waals surface area (Å²) < 4.78 is 6.33. The van der Waals surface area contributed by atoms with E-state index in [2.05, 4.69) is 22.0 Å². The first-order valence-electron chi connectivity index (χ1n) is 4.72. The van der Waals surface area contributed by atoms with E-state index in [-0.39, 0.29) is 6.10 Å². The van der Waals surface area contributed by atoms with E-state index in [1.807, 2.05) is 12.1 Å². The molecule has 1 saturated carbocycles. The average Bonchev–Trinajstić information content (AvgIpc) is 2.13. The molecule has 0 amide bonds. The summed E-state index contributed by atoms with van der Waals surface area (Å²) in [4.78, 5) is 0. The van der Waals surface area contributed by atoms with Crippen LogP contribution in [0.2, 0.25) is 0 Å². The second kappa shape index (κ2) is 3.91. The maximum Gasteiger partial charge on any atom is 0.123 e. The molecule has 76 valence electrons. The van der Waals surface area contributed by atoms with Gasteiger partial charge in [0.25, 0.3) is 0 Å². The Morgan fingerprint density at radius 1 is 1.43 bits per heavy atom. The van der Waals surface area contributed by atoms with E-state index in [0.717, 1.165) is 23.1 Å². The third-order valence-electron chi connectivity index (χ3n) is 2.75. The van der Waals surface area contributed by atoms with Crippen LogP contribution in [-0.4, -0.2) is 18.3 Å². The van der Waals surface area contributed by atoms with Crippen LogP contribution in [0.4, 0.5) is 0 Å². The van der Waals surface area contributed by atoms with E-state index in [4.69, 9.17) is 4.74 Å². The number of hydrogen-bond donors (Lipinski definition) is 1. The molecular weight excluding hydrogens is 244 g/mol. The molecule has 1 aliphatic carbocycles. The minimum Gasteiger partial charge on any atom is -0.496 e. The number of methoxy groups -OCH3 is 1. The van der Waals surface area contributed by atoms with Crippen molar-refractivity contribution in [2.45, 2.75) is 24.9 Å². The van der Waals surface area contributed by atoms with Crippen LogP contribution in [-0.2, 0) is 0 Å². The number of ether oxygens (including phenoxy) is 1. The minimum atomic E-state index is -0.117. The first kappa shape index (κ1) is 9.99. The highest BCUT2D eigenvalue weighted by Gasteiger charge is 2.30. The third kappa shape index (κ3) is 1.79. The van der Waals surface area contributed by atoms with Gasteiger partial charge in [-0.2, -0.15) is 0 Å². The van der Waals surface area contributed by atoms with Gasteiger partial charge in [0.05, 0.1) is 13.2 Å². The summed E-state index contributed by atoms with van der Waals surface area (Å²) in [6.07, 6.45) is 1.60. The van der Waals surface area contributed by atoms with Gasteiger partial charge in [0.1, 0.15) is 5.75 Å². The van der Waals surface area contributed by atoms with Crippen molar-refractivity contribution in [2.24, 2.45) is 0 Å². The van der Waals surface area contributed by atoms with Crippen LogP contribution in [0.5, 0.6) is 5.75 Å². The smallest absolute Gasteiger partial charge is 0.123 e. The van der Waals surface area contributed by atoms with Crippen molar-refractivity contribution in [1.29, 1.82) is 0 Å². The Morgan fingerprint density at radius 3 is 2.71 bits per heavy atom. The van der Waals surface area contributed by atoms with Gasteiger partial charge in [-0.15, -0.1) is 0 Å². The zero-order valence-electron chi connectivity index (χ0n) is 8.03. The molecule has 0 aliphatic heterocycles. The molecule has 0 radical (unpaired) electrons. The molecule has 2 nitrogen and oxygen atoms in total. The summed E-state index contributed by atoms with van der Waals surface area (Å²) in [6.45, 7) is 0. The highest BCUT2D eigenvalue weighted by molar-refractivity contribution is 9.10. The summed E-state index contributed by atoms with van der Waals surface area (Å²) in [5, 5.41) is 9.25. The molecule has 0 bridgehead atoms. The van der Waals surface area contributed by atoms with Gasteiger partial charge in [-0.25, -0.2) is 0 Å². The normalized spacial score (nSPS) is 25.6. The largest absolute Gasteiger partial charge is 0.496 e. The van der Waals surface area contributed by atoms with Gasteiger partial charge in [0, 0.05) is 4.47 Å². The highest BCUT2D eigenvalue weighted by atomic mass is 79.9. The van der Waals surface area contributed by atoms with Crippen LogP contribution in [0.3, 0.4) is 0 Å². The Kier molecular flexibility index (Phi) is 2.79. The van der Waals surface area contributed by atoms with Crippen molar-refractivity contribution in [1.82, 2.24) is 0 Å². The van der Waals surface area contributed by atoms with Crippen LogP contribution >= 0.6 is 15.9 Å². The minimum absolute atomic E-state index is 0.117. The molecule has 1 aromatic rings. The molecular formula is C11H13BrO2. The molecule has 14 heavy (non-hydrogen) atoms. The van der Waals surface area contributed by atoms with Crippen molar-refractivity contribution >= 4 is 15.9 Å². The molecule has 2 rings (SSSR count). The zero-order valence-corrected chi connectivity index (χ0v) is 9.62. The first-order chi connectivity index (χ1) is 6.70. The lowest BCUT2D eigenvalue weighted by Crippen LogP contribution is -2.26. The first-order valence-corrected chi connectivity index (χ1v) is 5.51. The Bertz CT molecular complexity index is 332. The highest BCUT2D eigenvalue weighted by Crippen LogP contribution is 2.41. The van der Waals surface area contributed by atoms with E-state index in [1.54, 1.807) is 7.11 Å². The number of hydrogen-bond acceptors (Lipinski definition) is 2. The van der Waals surface area contributed by atoms with Gasteiger partial charge < -0.3 is 9.84 Å². The van der Waals surface area contributed by atoms with Gasteiger partial charge in [-0.3, -0.25) is 0 Å². The Hall–Kier alpha value is -0.540. The van der Waals surface area contributed by atoms with Crippen LogP contribution in [0.15, 0.2) is 22.7 Å². The average molecular weight is 257 g/mol. The van der Waals surface area contributed by atoms with Crippen molar-refractivity contribution in [2.75, 3.05) is 7.11 Å². The molecule has 1 fully saturated rings. The fourth-order valence-corrected chi connectivity index (χ4v) is 2.20. The molecule has 0 aromatic heterocycles. The molecule has 1 N–H and O–H groups in total. The standard InChI is InChI=1S/C11H13BrO2/c1-14-11-6-8(12)2-3-10(11)7-4-9(13)5-7/h2-3,6-7,9,13H,4-5H2,1H3. The second-order valence-electron chi connectivity index (χ2n) is 3.71. The van der Waals surface area contributed by atoms with Gasteiger partial charge in [-0.05, 0) is 36.5 Å². The molecule has 0 saturated heterocycles. The van der Waals surface area contributed by atoms with Gasteiger partial charge in [-0.1, -0.05) is 22.0 Å². The number of aliphatic hydroxyl groups excluding tert-OH is 1. The second-order valence-corrected chi connectivity index (χ2v) is 4.62.